The second kappa shape index (κ2) is 4.99. The van der Waals surface area contributed by atoms with Gasteiger partial charge in [-0.05, 0) is 49.3 Å². The average Bonchev–Trinajstić information content (AvgIpc) is 2.99. The lowest BCUT2D eigenvalue weighted by molar-refractivity contribution is 0.0697. The van der Waals surface area contributed by atoms with Gasteiger partial charge in [-0.1, -0.05) is 6.42 Å². The highest BCUT2D eigenvalue weighted by atomic mass is 32.2. The number of carboxylic acids is 1. The summed E-state index contributed by atoms with van der Waals surface area (Å²) >= 11 is 0. The van der Waals surface area contributed by atoms with Gasteiger partial charge < -0.3 is 10.8 Å². The molecule has 114 valence electrons. The molecule has 0 heterocycles. The highest BCUT2D eigenvalue weighted by molar-refractivity contribution is 7.89. The molecular formula is C14H18N2O4S. The number of sulfonamides is 1. The van der Waals surface area contributed by atoms with Crippen LogP contribution in [0.15, 0.2) is 23.1 Å². The summed E-state index contributed by atoms with van der Waals surface area (Å²) in [4.78, 5) is 10.8. The van der Waals surface area contributed by atoms with E-state index in [2.05, 4.69) is 4.72 Å². The molecule has 3 atom stereocenters. The minimum Gasteiger partial charge on any atom is -0.478 e. The number of nitrogen functional groups attached to an aromatic ring is 1. The van der Waals surface area contributed by atoms with Gasteiger partial charge >= 0.3 is 5.97 Å². The van der Waals surface area contributed by atoms with Crippen molar-refractivity contribution >= 4 is 21.7 Å². The first-order valence-electron chi connectivity index (χ1n) is 7.02. The van der Waals surface area contributed by atoms with Gasteiger partial charge in [-0.25, -0.2) is 17.9 Å². The lowest BCUT2D eigenvalue weighted by Gasteiger charge is -2.23. The number of nitrogens with two attached hydrogens (primary N) is 1. The molecular weight excluding hydrogens is 292 g/mol. The van der Waals surface area contributed by atoms with Crippen LogP contribution in [0.3, 0.4) is 0 Å². The van der Waals surface area contributed by atoms with Crippen LogP contribution in [0.1, 0.15) is 36.0 Å². The number of anilines is 1. The van der Waals surface area contributed by atoms with Gasteiger partial charge in [0, 0.05) is 6.04 Å². The molecule has 0 saturated heterocycles. The van der Waals surface area contributed by atoms with Crippen LogP contribution in [0.5, 0.6) is 0 Å². The first kappa shape index (κ1) is 14.3. The van der Waals surface area contributed by atoms with Gasteiger partial charge in [-0.15, -0.1) is 0 Å². The smallest absolute Gasteiger partial charge is 0.335 e. The molecule has 2 bridgehead atoms. The Hall–Kier alpha value is -1.60. The lowest BCUT2D eigenvalue weighted by Crippen LogP contribution is -2.38. The van der Waals surface area contributed by atoms with E-state index < -0.39 is 16.0 Å². The predicted octanol–water partition coefficient (Wildman–Crippen LogP) is 1.43. The maximum Gasteiger partial charge on any atom is 0.335 e. The van der Waals surface area contributed by atoms with Crippen LogP contribution in [0.25, 0.3) is 0 Å². The van der Waals surface area contributed by atoms with Crippen LogP contribution in [-0.4, -0.2) is 25.5 Å². The van der Waals surface area contributed by atoms with Crippen LogP contribution in [0.4, 0.5) is 5.69 Å². The van der Waals surface area contributed by atoms with Gasteiger partial charge in [0.2, 0.25) is 10.0 Å². The Morgan fingerprint density at radius 1 is 1.29 bits per heavy atom. The van der Waals surface area contributed by atoms with Crippen molar-refractivity contribution < 1.29 is 18.3 Å². The minimum absolute atomic E-state index is 0.0210. The Balaban J connectivity index is 1.83. The van der Waals surface area contributed by atoms with Crippen LogP contribution < -0.4 is 10.5 Å². The summed E-state index contributed by atoms with van der Waals surface area (Å²) in [5, 5.41) is 8.88. The second-order valence-corrected chi connectivity index (χ2v) is 7.64. The molecule has 3 unspecified atom stereocenters. The van der Waals surface area contributed by atoms with Crippen molar-refractivity contribution in [2.24, 2.45) is 11.8 Å². The summed E-state index contributed by atoms with van der Waals surface area (Å²) in [6.45, 7) is 0. The number of hydrogen-bond donors (Lipinski definition) is 3. The summed E-state index contributed by atoms with van der Waals surface area (Å²) in [5.41, 5.74) is 5.65. The SMILES string of the molecule is Nc1cc(C(=O)O)ccc1S(=O)(=O)NC1CC2CCC1C2. The number of nitrogens with one attached hydrogen (secondary N) is 1. The van der Waals surface area contributed by atoms with Crippen molar-refractivity contribution in [3.8, 4) is 0 Å². The average molecular weight is 310 g/mol. The zero-order chi connectivity index (χ0) is 15.2. The van der Waals surface area contributed by atoms with Gasteiger partial charge in [-0.3, -0.25) is 0 Å². The van der Waals surface area contributed by atoms with Crippen molar-refractivity contribution in [2.75, 3.05) is 5.73 Å². The maximum atomic E-state index is 12.4. The summed E-state index contributed by atoms with van der Waals surface area (Å²) in [7, 11) is -3.71. The first-order valence-corrected chi connectivity index (χ1v) is 8.50. The third-order valence-corrected chi connectivity index (χ3v) is 6.15. The third kappa shape index (κ3) is 2.63. The molecule has 4 N–H and O–H groups in total. The van der Waals surface area contributed by atoms with Gasteiger partial charge in [0.05, 0.1) is 11.3 Å². The third-order valence-electron chi connectivity index (χ3n) is 4.59. The normalized spacial score (nSPS) is 27.9. The van der Waals surface area contributed by atoms with E-state index in [4.69, 9.17) is 10.8 Å². The Labute approximate surface area is 123 Å². The Bertz CT molecular complexity index is 686. The molecule has 2 aliphatic rings. The molecule has 2 fully saturated rings. The minimum atomic E-state index is -3.71. The molecule has 0 aromatic heterocycles. The van der Waals surface area contributed by atoms with E-state index in [-0.39, 0.29) is 22.2 Å². The molecule has 0 radical (unpaired) electrons. The number of fused-ring (bicyclic) bond motifs is 2. The lowest BCUT2D eigenvalue weighted by atomic mass is 9.96. The molecule has 7 heteroatoms. The largest absolute Gasteiger partial charge is 0.478 e. The molecule has 21 heavy (non-hydrogen) atoms. The molecule has 0 aliphatic heterocycles. The van der Waals surface area contributed by atoms with E-state index in [0.29, 0.717) is 11.8 Å². The van der Waals surface area contributed by atoms with Crippen molar-refractivity contribution in [3.05, 3.63) is 23.8 Å². The number of hydrogen-bond acceptors (Lipinski definition) is 4. The zero-order valence-electron chi connectivity index (χ0n) is 11.5. The fourth-order valence-electron chi connectivity index (χ4n) is 3.58. The quantitative estimate of drug-likeness (QED) is 0.729. The topological polar surface area (TPSA) is 109 Å². The fourth-order valence-corrected chi connectivity index (χ4v) is 5.01. The van der Waals surface area contributed by atoms with Crippen molar-refractivity contribution in [1.29, 1.82) is 0 Å². The van der Waals surface area contributed by atoms with E-state index in [0.717, 1.165) is 19.3 Å². The number of aromatic carboxylic acids is 1. The van der Waals surface area contributed by atoms with Crippen molar-refractivity contribution in [3.63, 3.8) is 0 Å². The standard InChI is InChI=1S/C14H18N2O4S/c15-11-7-10(14(17)18)3-4-13(11)21(19,20)16-12-6-8-1-2-9(12)5-8/h3-4,7-9,12,16H,1-2,5-6,15H2,(H,17,18). The first-order chi connectivity index (χ1) is 9.87. The fraction of sp³-hybridized carbons (Fsp3) is 0.500. The monoisotopic (exact) mass is 310 g/mol. The zero-order valence-corrected chi connectivity index (χ0v) is 12.3. The van der Waals surface area contributed by atoms with E-state index >= 15 is 0 Å². The molecule has 1 aromatic rings. The van der Waals surface area contributed by atoms with Gasteiger partial charge in [0.15, 0.2) is 0 Å². The predicted molar refractivity (Wildman–Crippen MR) is 77.4 cm³/mol. The van der Waals surface area contributed by atoms with Crippen LogP contribution in [0, 0.1) is 11.8 Å². The second-order valence-electron chi connectivity index (χ2n) is 5.96. The number of benzene rings is 1. The number of carbonyl (C=O) groups is 1. The van der Waals surface area contributed by atoms with Gasteiger partial charge in [0.1, 0.15) is 4.90 Å². The molecule has 2 aliphatic carbocycles. The summed E-state index contributed by atoms with van der Waals surface area (Å²) in [5.74, 6) is -0.0783. The van der Waals surface area contributed by atoms with E-state index in [9.17, 15) is 13.2 Å². The molecule has 1 aromatic carbocycles. The molecule has 2 saturated carbocycles. The van der Waals surface area contributed by atoms with Crippen LogP contribution >= 0.6 is 0 Å². The molecule has 6 nitrogen and oxygen atoms in total. The number of rotatable bonds is 4. The van der Waals surface area contributed by atoms with Crippen molar-refractivity contribution in [1.82, 2.24) is 4.72 Å². The molecule has 0 amide bonds. The molecule has 3 rings (SSSR count). The number of carboxylic acid groups (broad SMARTS) is 1. The Kier molecular flexibility index (Phi) is 3.41. The van der Waals surface area contributed by atoms with E-state index in [1.54, 1.807) is 0 Å². The van der Waals surface area contributed by atoms with Crippen LogP contribution in [0.2, 0.25) is 0 Å². The van der Waals surface area contributed by atoms with E-state index in [1.165, 1.54) is 24.6 Å². The van der Waals surface area contributed by atoms with Gasteiger partial charge in [-0.2, -0.15) is 0 Å². The summed E-state index contributed by atoms with van der Waals surface area (Å²) < 4.78 is 27.6. The van der Waals surface area contributed by atoms with Crippen molar-refractivity contribution in [2.45, 2.75) is 36.6 Å². The van der Waals surface area contributed by atoms with Crippen LogP contribution in [-0.2, 0) is 10.0 Å². The van der Waals surface area contributed by atoms with Gasteiger partial charge in [0.25, 0.3) is 0 Å². The summed E-state index contributed by atoms with van der Waals surface area (Å²) in [6.07, 6.45) is 4.25. The summed E-state index contributed by atoms with van der Waals surface area (Å²) in [6, 6.07) is 3.67. The highest BCUT2D eigenvalue weighted by Gasteiger charge is 2.41. The Morgan fingerprint density at radius 2 is 2.05 bits per heavy atom. The molecule has 0 spiro atoms. The Morgan fingerprint density at radius 3 is 2.57 bits per heavy atom. The highest BCUT2D eigenvalue weighted by Crippen LogP contribution is 2.44. The van der Waals surface area contributed by atoms with E-state index in [1.807, 2.05) is 0 Å². The maximum absolute atomic E-state index is 12.4.